The maximum absolute atomic E-state index is 12.4. The number of hydrogen-bond acceptors (Lipinski definition) is 2. The largest absolute Gasteiger partial charge is 0.479 e. The van der Waals surface area contributed by atoms with Gasteiger partial charge in [0.05, 0.1) is 6.26 Å². The van der Waals surface area contributed by atoms with E-state index in [1.165, 1.54) is 12.3 Å². The summed E-state index contributed by atoms with van der Waals surface area (Å²) in [6, 6.07) is 3.12. The molecule has 0 aliphatic heterocycles. The molecule has 1 rings (SSSR count). The molecule has 0 aromatic carbocycles. The van der Waals surface area contributed by atoms with Crippen LogP contribution in [0.25, 0.3) is 0 Å². The van der Waals surface area contributed by atoms with E-state index in [4.69, 9.17) is 9.52 Å². The highest BCUT2D eigenvalue weighted by molar-refractivity contribution is 5.72. The van der Waals surface area contributed by atoms with Crippen LogP contribution in [0.15, 0.2) is 22.8 Å². The molecular formula is C7H7FO3. The fraction of sp³-hybridized carbons (Fsp3) is 0.286. The van der Waals surface area contributed by atoms with Gasteiger partial charge < -0.3 is 9.52 Å². The molecule has 0 radical (unpaired) electrons. The number of alkyl halides is 1. The second-order valence-corrected chi connectivity index (χ2v) is 2.09. The first-order valence-corrected chi connectivity index (χ1v) is 3.09. The highest BCUT2D eigenvalue weighted by Gasteiger charge is 2.17. The van der Waals surface area contributed by atoms with Gasteiger partial charge in [-0.05, 0) is 12.1 Å². The SMILES string of the molecule is O=C(O)C(F)Cc1ccco1. The maximum Gasteiger partial charge on any atom is 0.338 e. The molecule has 0 bridgehead atoms. The molecule has 0 saturated carbocycles. The average molecular weight is 158 g/mol. The topological polar surface area (TPSA) is 50.4 Å². The van der Waals surface area contributed by atoms with E-state index in [0.717, 1.165) is 0 Å². The van der Waals surface area contributed by atoms with Crippen molar-refractivity contribution in [3.05, 3.63) is 24.2 Å². The van der Waals surface area contributed by atoms with E-state index in [1.807, 2.05) is 0 Å². The van der Waals surface area contributed by atoms with Crippen molar-refractivity contribution in [2.75, 3.05) is 0 Å². The van der Waals surface area contributed by atoms with Crippen LogP contribution in [0.2, 0.25) is 0 Å². The van der Waals surface area contributed by atoms with Gasteiger partial charge in [-0.2, -0.15) is 0 Å². The standard InChI is InChI=1S/C7H7FO3/c8-6(7(9)10)4-5-2-1-3-11-5/h1-3,6H,4H2,(H,9,10). The molecule has 0 aliphatic carbocycles. The minimum absolute atomic E-state index is 0.206. The zero-order valence-electron chi connectivity index (χ0n) is 5.66. The van der Waals surface area contributed by atoms with Crippen molar-refractivity contribution < 1.29 is 18.7 Å². The lowest BCUT2D eigenvalue weighted by Crippen LogP contribution is -2.16. The van der Waals surface area contributed by atoms with Gasteiger partial charge in [-0.3, -0.25) is 0 Å². The lowest BCUT2D eigenvalue weighted by molar-refractivity contribution is -0.142. The number of carboxylic acid groups (broad SMARTS) is 1. The van der Waals surface area contributed by atoms with Crippen LogP contribution >= 0.6 is 0 Å². The van der Waals surface area contributed by atoms with E-state index in [1.54, 1.807) is 6.07 Å². The molecule has 0 aliphatic rings. The minimum atomic E-state index is -1.87. The molecule has 3 nitrogen and oxygen atoms in total. The fourth-order valence-corrected chi connectivity index (χ4v) is 0.693. The third-order valence-corrected chi connectivity index (χ3v) is 1.23. The highest BCUT2D eigenvalue weighted by atomic mass is 19.1. The Kier molecular flexibility index (Phi) is 2.25. The number of aliphatic carboxylic acids is 1. The molecule has 11 heavy (non-hydrogen) atoms. The van der Waals surface area contributed by atoms with E-state index in [0.29, 0.717) is 5.76 Å². The molecule has 0 fully saturated rings. The van der Waals surface area contributed by atoms with Crippen LogP contribution < -0.4 is 0 Å². The summed E-state index contributed by atoms with van der Waals surface area (Å²) in [7, 11) is 0. The average Bonchev–Trinajstić information content (AvgIpc) is 2.39. The second kappa shape index (κ2) is 3.18. The van der Waals surface area contributed by atoms with Gasteiger partial charge in [-0.15, -0.1) is 0 Å². The second-order valence-electron chi connectivity index (χ2n) is 2.09. The van der Waals surface area contributed by atoms with Gasteiger partial charge in [0.15, 0.2) is 0 Å². The van der Waals surface area contributed by atoms with E-state index < -0.39 is 12.1 Å². The Balaban J connectivity index is 2.50. The van der Waals surface area contributed by atoms with Crippen LogP contribution in [0.5, 0.6) is 0 Å². The van der Waals surface area contributed by atoms with Gasteiger partial charge in [0.2, 0.25) is 6.17 Å². The zero-order chi connectivity index (χ0) is 8.27. The van der Waals surface area contributed by atoms with Crippen molar-refractivity contribution in [1.82, 2.24) is 0 Å². The Morgan fingerprint density at radius 1 is 1.82 bits per heavy atom. The van der Waals surface area contributed by atoms with Gasteiger partial charge in [0.1, 0.15) is 5.76 Å². The maximum atomic E-state index is 12.4. The Hall–Kier alpha value is -1.32. The van der Waals surface area contributed by atoms with Crippen molar-refractivity contribution in [3.8, 4) is 0 Å². The van der Waals surface area contributed by atoms with Gasteiger partial charge >= 0.3 is 5.97 Å². The first kappa shape index (κ1) is 7.78. The van der Waals surface area contributed by atoms with E-state index in [9.17, 15) is 9.18 Å². The Labute approximate surface area is 62.4 Å². The number of hydrogen-bond donors (Lipinski definition) is 1. The molecule has 60 valence electrons. The van der Waals surface area contributed by atoms with Gasteiger partial charge in [0.25, 0.3) is 0 Å². The summed E-state index contributed by atoms with van der Waals surface area (Å²) in [6.45, 7) is 0. The molecule has 1 aromatic heterocycles. The molecule has 1 N–H and O–H groups in total. The predicted octanol–water partition coefficient (Wildman–Crippen LogP) is 1.24. The third-order valence-electron chi connectivity index (χ3n) is 1.23. The van der Waals surface area contributed by atoms with Crippen molar-refractivity contribution in [2.24, 2.45) is 0 Å². The molecule has 1 aromatic rings. The van der Waals surface area contributed by atoms with Crippen LogP contribution in [-0.2, 0) is 11.2 Å². The molecule has 0 spiro atoms. The molecule has 4 heteroatoms. The molecule has 1 atom stereocenters. The number of halogens is 1. The molecule has 1 unspecified atom stereocenters. The molecular weight excluding hydrogens is 151 g/mol. The Morgan fingerprint density at radius 3 is 3.00 bits per heavy atom. The van der Waals surface area contributed by atoms with Gasteiger partial charge in [-0.1, -0.05) is 0 Å². The van der Waals surface area contributed by atoms with Crippen molar-refractivity contribution in [1.29, 1.82) is 0 Å². The summed E-state index contributed by atoms with van der Waals surface area (Å²) in [5, 5.41) is 8.16. The normalized spacial score (nSPS) is 12.8. The van der Waals surface area contributed by atoms with Crippen molar-refractivity contribution in [2.45, 2.75) is 12.6 Å². The fourth-order valence-electron chi connectivity index (χ4n) is 0.693. The molecule has 0 saturated heterocycles. The van der Waals surface area contributed by atoms with Crippen molar-refractivity contribution in [3.63, 3.8) is 0 Å². The van der Waals surface area contributed by atoms with Crippen molar-refractivity contribution >= 4 is 5.97 Å². The number of rotatable bonds is 3. The summed E-state index contributed by atoms with van der Waals surface area (Å²) in [5.41, 5.74) is 0. The lowest BCUT2D eigenvalue weighted by Gasteiger charge is -1.97. The quantitative estimate of drug-likeness (QED) is 0.720. The smallest absolute Gasteiger partial charge is 0.338 e. The van der Waals surface area contributed by atoms with E-state index in [-0.39, 0.29) is 6.42 Å². The molecule has 0 amide bonds. The molecule has 1 heterocycles. The predicted molar refractivity (Wildman–Crippen MR) is 34.9 cm³/mol. The summed E-state index contributed by atoms with van der Waals surface area (Å²) >= 11 is 0. The monoisotopic (exact) mass is 158 g/mol. The van der Waals surface area contributed by atoms with Crippen LogP contribution in [0.1, 0.15) is 5.76 Å². The lowest BCUT2D eigenvalue weighted by atomic mass is 10.2. The summed E-state index contributed by atoms with van der Waals surface area (Å²) in [5.74, 6) is -1.11. The third kappa shape index (κ3) is 2.07. The Bertz CT molecular complexity index is 230. The van der Waals surface area contributed by atoms with E-state index >= 15 is 0 Å². The van der Waals surface area contributed by atoms with Crippen LogP contribution in [-0.4, -0.2) is 17.2 Å². The number of carbonyl (C=O) groups is 1. The van der Waals surface area contributed by atoms with Gasteiger partial charge in [-0.25, -0.2) is 9.18 Å². The number of carboxylic acids is 1. The minimum Gasteiger partial charge on any atom is -0.479 e. The first-order chi connectivity index (χ1) is 5.20. The van der Waals surface area contributed by atoms with Crippen LogP contribution in [0.4, 0.5) is 4.39 Å². The van der Waals surface area contributed by atoms with E-state index in [2.05, 4.69) is 0 Å². The van der Waals surface area contributed by atoms with Crippen LogP contribution in [0.3, 0.4) is 0 Å². The first-order valence-electron chi connectivity index (χ1n) is 3.09. The summed E-state index contributed by atoms with van der Waals surface area (Å²) in [6.07, 6.45) is -0.701. The van der Waals surface area contributed by atoms with Gasteiger partial charge in [0, 0.05) is 6.42 Å². The summed E-state index contributed by atoms with van der Waals surface area (Å²) < 4.78 is 17.2. The Morgan fingerprint density at radius 2 is 2.55 bits per heavy atom. The highest BCUT2D eigenvalue weighted by Crippen LogP contribution is 2.06. The van der Waals surface area contributed by atoms with Crippen LogP contribution in [0, 0.1) is 0 Å². The zero-order valence-corrected chi connectivity index (χ0v) is 5.66. The summed E-state index contributed by atoms with van der Waals surface area (Å²) in [4.78, 5) is 10.0. The number of furan rings is 1.